The summed E-state index contributed by atoms with van der Waals surface area (Å²) in [7, 11) is 0. The van der Waals surface area contributed by atoms with Crippen LogP contribution in [0, 0.1) is 0 Å². The largest absolute Gasteiger partial charge is 0.392 e. The maximum absolute atomic E-state index is 11.6. The first-order valence-corrected chi connectivity index (χ1v) is 5.08. The van der Waals surface area contributed by atoms with Crippen molar-refractivity contribution in [2.45, 2.75) is 13.0 Å². The van der Waals surface area contributed by atoms with E-state index in [9.17, 15) is 4.79 Å². The molecule has 5 heteroatoms. The average molecular weight is 219 g/mol. The monoisotopic (exact) mass is 219 g/mol. The Labute approximate surface area is 92.2 Å². The van der Waals surface area contributed by atoms with E-state index < -0.39 is 6.10 Å². The number of para-hydroxylation sites is 1. The molecule has 0 fully saturated rings. The predicted octanol–water partition coefficient (Wildman–Crippen LogP) is 0.716. The fourth-order valence-electron chi connectivity index (χ4n) is 1.41. The summed E-state index contributed by atoms with van der Waals surface area (Å²) in [6.45, 7) is 2.01. The minimum atomic E-state index is -0.489. The predicted molar refractivity (Wildman–Crippen MR) is 62.5 cm³/mol. The molecule has 0 spiro atoms. The molecular weight excluding hydrogens is 206 g/mol. The van der Waals surface area contributed by atoms with E-state index in [4.69, 9.17) is 5.11 Å². The molecule has 0 saturated heterocycles. The molecule has 2 rings (SSSR count). The highest BCUT2D eigenvalue weighted by atomic mass is 16.3. The fraction of sp³-hybridized carbons (Fsp3) is 0.273. The summed E-state index contributed by atoms with van der Waals surface area (Å²) >= 11 is 0. The zero-order chi connectivity index (χ0) is 11.5. The summed E-state index contributed by atoms with van der Waals surface area (Å²) in [5.41, 5.74) is 0.457. The van der Waals surface area contributed by atoms with Gasteiger partial charge in [0.15, 0.2) is 0 Å². The van der Waals surface area contributed by atoms with Crippen molar-refractivity contribution in [3.63, 3.8) is 0 Å². The number of H-pyrrole nitrogens is 1. The maximum Gasteiger partial charge on any atom is 0.260 e. The molecule has 0 aliphatic heterocycles. The van der Waals surface area contributed by atoms with Gasteiger partial charge in [-0.1, -0.05) is 12.1 Å². The number of nitrogens with zero attached hydrogens (tertiary/aromatic N) is 1. The molecule has 0 saturated carbocycles. The average Bonchev–Trinajstić information content (AvgIpc) is 2.26. The van der Waals surface area contributed by atoms with E-state index in [0.717, 1.165) is 0 Å². The number of nitrogens with one attached hydrogen (secondary N) is 2. The maximum atomic E-state index is 11.6. The Bertz CT molecular complexity index is 548. The third-order valence-electron chi connectivity index (χ3n) is 2.18. The Morgan fingerprint density at radius 3 is 3.00 bits per heavy atom. The third kappa shape index (κ3) is 2.20. The number of rotatable bonds is 3. The quantitative estimate of drug-likeness (QED) is 0.710. The summed E-state index contributed by atoms with van der Waals surface area (Å²) in [6.07, 6.45) is -0.489. The molecule has 3 N–H and O–H groups in total. The number of anilines is 1. The lowest BCUT2D eigenvalue weighted by Gasteiger charge is -2.07. The summed E-state index contributed by atoms with van der Waals surface area (Å²) < 4.78 is 0. The number of hydrogen-bond donors (Lipinski definition) is 3. The molecular formula is C11H13N3O2. The molecule has 0 bridgehead atoms. The molecule has 0 aliphatic rings. The zero-order valence-electron chi connectivity index (χ0n) is 8.90. The molecule has 2 aromatic rings. The van der Waals surface area contributed by atoms with Crippen LogP contribution in [0.4, 0.5) is 5.95 Å². The lowest BCUT2D eigenvalue weighted by Crippen LogP contribution is -2.19. The molecule has 16 heavy (non-hydrogen) atoms. The molecule has 1 aromatic carbocycles. The fourth-order valence-corrected chi connectivity index (χ4v) is 1.41. The van der Waals surface area contributed by atoms with E-state index >= 15 is 0 Å². The van der Waals surface area contributed by atoms with E-state index in [-0.39, 0.29) is 5.56 Å². The van der Waals surface area contributed by atoms with Gasteiger partial charge in [-0.2, -0.15) is 0 Å². The Morgan fingerprint density at radius 2 is 2.25 bits per heavy atom. The van der Waals surface area contributed by atoms with Crippen LogP contribution < -0.4 is 10.9 Å². The van der Waals surface area contributed by atoms with E-state index in [1.807, 2.05) is 6.07 Å². The van der Waals surface area contributed by atoms with Crippen LogP contribution in [0.1, 0.15) is 6.92 Å². The first-order chi connectivity index (χ1) is 7.66. The number of benzene rings is 1. The second-order valence-electron chi connectivity index (χ2n) is 3.66. The highest BCUT2D eigenvalue weighted by Crippen LogP contribution is 2.07. The number of fused-ring (bicyclic) bond motifs is 1. The van der Waals surface area contributed by atoms with Gasteiger partial charge < -0.3 is 10.4 Å². The molecule has 0 amide bonds. The van der Waals surface area contributed by atoms with Crippen molar-refractivity contribution in [2.24, 2.45) is 0 Å². The van der Waals surface area contributed by atoms with E-state index in [1.165, 1.54) is 0 Å². The topological polar surface area (TPSA) is 78.0 Å². The molecule has 1 atom stereocenters. The SMILES string of the molecule is CC(O)CNc1nc2ccccc2c(=O)[nH]1. The van der Waals surface area contributed by atoms with Crippen LogP contribution in [-0.4, -0.2) is 27.7 Å². The summed E-state index contributed by atoms with van der Waals surface area (Å²) in [5.74, 6) is 0.379. The minimum absolute atomic E-state index is 0.182. The second-order valence-corrected chi connectivity index (χ2v) is 3.66. The Hall–Kier alpha value is -1.88. The van der Waals surface area contributed by atoms with Crippen molar-refractivity contribution in [1.82, 2.24) is 9.97 Å². The van der Waals surface area contributed by atoms with Gasteiger partial charge in [-0.15, -0.1) is 0 Å². The van der Waals surface area contributed by atoms with E-state index in [0.29, 0.717) is 23.4 Å². The smallest absolute Gasteiger partial charge is 0.260 e. The van der Waals surface area contributed by atoms with Gasteiger partial charge >= 0.3 is 0 Å². The number of aromatic amines is 1. The third-order valence-corrected chi connectivity index (χ3v) is 2.18. The zero-order valence-corrected chi connectivity index (χ0v) is 8.90. The number of hydrogen-bond acceptors (Lipinski definition) is 4. The highest BCUT2D eigenvalue weighted by Gasteiger charge is 2.03. The number of aliphatic hydroxyl groups excluding tert-OH is 1. The Morgan fingerprint density at radius 1 is 1.50 bits per heavy atom. The summed E-state index contributed by atoms with van der Waals surface area (Å²) in [6, 6.07) is 7.12. The minimum Gasteiger partial charge on any atom is -0.392 e. The molecule has 1 aromatic heterocycles. The molecule has 1 heterocycles. The van der Waals surface area contributed by atoms with Crippen LogP contribution in [0.3, 0.4) is 0 Å². The van der Waals surface area contributed by atoms with Crippen LogP contribution in [0.2, 0.25) is 0 Å². The van der Waals surface area contributed by atoms with Crippen molar-refractivity contribution >= 4 is 16.9 Å². The van der Waals surface area contributed by atoms with Gasteiger partial charge in [0.1, 0.15) is 0 Å². The highest BCUT2D eigenvalue weighted by molar-refractivity contribution is 5.78. The van der Waals surface area contributed by atoms with Crippen LogP contribution in [0.5, 0.6) is 0 Å². The number of aliphatic hydroxyl groups is 1. The molecule has 84 valence electrons. The van der Waals surface area contributed by atoms with E-state index in [2.05, 4.69) is 15.3 Å². The number of aromatic nitrogens is 2. The summed E-state index contributed by atoms with van der Waals surface area (Å²) in [5, 5.41) is 12.5. The standard InChI is InChI=1S/C11H13N3O2/c1-7(15)6-12-11-13-9-5-3-2-4-8(9)10(16)14-11/h2-5,7,15H,6H2,1H3,(H2,12,13,14,16). The van der Waals surface area contributed by atoms with Crippen LogP contribution in [0.15, 0.2) is 29.1 Å². The first kappa shape index (κ1) is 10.6. The van der Waals surface area contributed by atoms with Gasteiger partial charge in [0.2, 0.25) is 5.95 Å². The van der Waals surface area contributed by atoms with Gasteiger partial charge in [-0.3, -0.25) is 9.78 Å². The van der Waals surface area contributed by atoms with Gasteiger partial charge in [-0.05, 0) is 19.1 Å². The van der Waals surface area contributed by atoms with Gasteiger partial charge in [0, 0.05) is 6.54 Å². The van der Waals surface area contributed by atoms with Crippen molar-refractivity contribution < 1.29 is 5.11 Å². The lowest BCUT2D eigenvalue weighted by molar-refractivity contribution is 0.208. The molecule has 5 nitrogen and oxygen atoms in total. The van der Waals surface area contributed by atoms with Crippen molar-refractivity contribution in [1.29, 1.82) is 0 Å². The Balaban J connectivity index is 2.38. The summed E-state index contributed by atoms with van der Waals surface area (Å²) in [4.78, 5) is 18.5. The van der Waals surface area contributed by atoms with Crippen LogP contribution in [0.25, 0.3) is 10.9 Å². The second kappa shape index (κ2) is 4.32. The van der Waals surface area contributed by atoms with Crippen LogP contribution in [-0.2, 0) is 0 Å². The van der Waals surface area contributed by atoms with E-state index in [1.54, 1.807) is 25.1 Å². The van der Waals surface area contributed by atoms with Crippen molar-refractivity contribution in [3.8, 4) is 0 Å². The molecule has 0 radical (unpaired) electrons. The molecule has 1 unspecified atom stereocenters. The van der Waals surface area contributed by atoms with Crippen molar-refractivity contribution in [2.75, 3.05) is 11.9 Å². The normalized spacial score (nSPS) is 12.6. The lowest BCUT2D eigenvalue weighted by atomic mass is 10.2. The van der Waals surface area contributed by atoms with Gasteiger partial charge in [0.05, 0.1) is 17.0 Å². The first-order valence-electron chi connectivity index (χ1n) is 5.08. The van der Waals surface area contributed by atoms with Gasteiger partial charge in [-0.25, -0.2) is 4.98 Å². The molecule has 0 aliphatic carbocycles. The van der Waals surface area contributed by atoms with Crippen LogP contribution >= 0.6 is 0 Å². The Kier molecular flexibility index (Phi) is 2.87. The van der Waals surface area contributed by atoms with Crippen molar-refractivity contribution in [3.05, 3.63) is 34.6 Å². The van der Waals surface area contributed by atoms with Gasteiger partial charge in [0.25, 0.3) is 5.56 Å².